The number of rotatable bonds is 10. The van der Waals surface area contributed by atoms with E-state index in [9.17, 15) is 14.3 Å². The fourth-order valence-corrected chi connectivity index (χ4v) is 3.12. The number of hydrogen-bond acceptors (Lipinski definition) is 5. The number of aliphatic hydroxyl groups excluding tert-OH is 1. The van der Waals surface area contributed by atoms with Gasteiger partial charge in [-0.05, 0) is 48.9 Å². The number of carbonyl (C=O) groups is 1. The van der Waals surface area contributed by atoms with Crippen LogP contribution in [0.2, 0.25) is 0 Å². The summed E-state index contributed by atoms with van der Waals surface area (Å²) in [4.78, 5) is 13.7. The van der Waals surface area contributed by atoms with Crippen molar-refractivity contribution in [3.63, 3.8) is 0 Å². The SMILES string of the molecule is CC(=O)c1ccccc1OCC(O)CN(Cc1cccc(F)c1)Cc1ccco1. The maximum atomic E-state index is 13.5. The summed E-state index contributed by atoms with van der Waals surface area (Å²) in [6, 6.07) is 17.0. The molecule has 0 spiro atoms. The third-order valence-electron chi connectivity index (χ3n) is 4.42. The minimum absolute atomic E-state index is 0.0299. The zero-order chi connectivity index (χ0) is 20.6. The standard InChI is InChI=1S/C23H24FNO4/c1-17(26)22-9-2-3-10-23(22)29-16-20(27)14-25(15-21-8-5-11-28-21)13-18-6-4-7-19(24)12-18/h2-12,20,27H,13-16H2,1H3. The molecule has 0 aliphatic rings. The molecule has 0 aliphatic carbocycles. The van der Waals surface area contributed by atoms with E-state index in [1.807, 2.05) is 17.0 Å². The fraction of sp³-hybridized carbons (Fsp3) is 0.261. The Kier molecular flexibility index (Phi) is 7.16. The zero-order valence-electron chi connectivity index (χ0n) is 16.3. The molecule has 1 unspecified atom stereocenters. The van der Waals surface area contributed by atoms with E-state index in [4.69, 9.17) is 9.15 Å². The second-order valence-electron chi connectivity index (χ2n) is 6.90. The van der Waals surface area contributed by atoms with E-state index in [1.165, 1.54) is 19.1 Å². The van der Waals surface area contributed by atoms with Crippen LogP contribution < -0.4 is 4.74 Å². The molecule has 6 heteroatoms. The molecule has 2 aromatic carbocycles. The first-order valence-corrected chi connectivity index (χ1v) is 9.41. The first-order valence-electron chi connectivity index (χ1n) is 9.41. The van der Waals surface area contributed by atoms with Gasteiger partial charge in [-0.25, -0.2) is 4.39 Å². The van der Waals surface area contributed by atoms with Crippen molar-refractivity contribution in [1.82, 2.24) is 4.90 Å². The van der Waals surface area contributed by atoms with Crippen molar-refractivity contribution in [2.24, 2.45) is 0 Å². The number of ketones is 1. The van der Waals surface area contributed by atoms with Gasteiger partial charge in [0.1, 0.15) is 30.0 Å². The molecule has 0 saturated heterocycles. The molecule has 0 saturated carbocycles. The van der Waals surface area contributed by atoms with E-state index in [1.54, 1.807) is 42.7 Å². The Bertz CT molecular complexity index is 926. The number of furan rings is 1. The van der Waals surface area contributed by atoms with Gasteiger partial charge in [-0.15, -0.1) is 0 Å². The highest BCUT2D eigenvalue weighted by atomic mass is 19.1. The molecule has 3 rings (SSSR count). The number of carbonyl (C=O) groups excluding carboxylic acids is 1. The minimum atomic E-state index is -0.807. The van der Waals surface area contributed by atoms with Crippen molar-refractivity contribution in [3.8, 4) is 5.75 Å². The normalized spacial score (nSPS) is 12.1. The van der Waals surface area contributed by atoms with E-state index in [0.717, 1.165) is 11.3 Å². The number of para-hydroxylation sites is 1. The molecule has 1 atom stereocenters. The molecule has 3 aromatic rings. The maximum Gasteiger partial charge on any atom is 0.163 e. The highest BCUT2D eigenvalue weighted by Crippen LogP contribution is 2.19. The van der Waals surface area contributed by atoms with Crippen molar-refractivity contribution in [2.45, 2.75) is 26.1 Å². The van der Waals surface area contributed by atoms with Crippen LogP contribution in [0, 0.1) is 5.82 Å². The van der Waals surface area contributed by atoms with Crippen molar-refractivity contribution in [2.75, 3.05) is 13.2 Å². The van der Waals surface area contributed by atoms with Gasteiger partial charge in [0.05, 0.1) is 18.4 Å². The lowest BCUT2D eigenvalue weighted by molar-refractivity contribution is 0.0599. The van der Waals surface area contributed by atoms with Crippen LogP contribution in [0.3, 0.4) is 0 Å². The molecule has 29 heavy (non-hydrogen) atoms. The van der Waals surface area contributed by atoms with Gasteiger partial charge >= 0.3 is 0 Å². The molecule has 0 aliphatic heterocycles. The van der Waals surface area contributed by atoms with E-state index < -0.39 is 6.10 Å². The highest BCUT2D eigenvalue weighted by Gasteiger charge is 2.16. The van der Waals surface area contributed by atoms with Crippen molar-refractivity contribution < 1.29 is 23.4 Å². The predicted octanol–water partition coefficient (Wildman–Crippen LogP) is 4.06. The van der Waals surface area contributed by atoms with Gasteiger partial charge in [-0.1, -0.05) is 24.3 Å². The van der Waals surface area contributed by atoms with Gasteiger partial charge in [0, 0.05) is 13.1 Å². The van der Waals surface area contributed by atoms with Crippen LogP contribution in [0.4, 0.5) is 4.39 Å². The largest absolute Gasteiger partial charge is 0.490 e. The smallest absolute Gasteiger partial charge is 0.163 e. The van der Waals surface area contributed by atoms with Gasteiger partial charge in [0.15, 0.2) is 5.78 Å². The Labute approximate surface area is 169 Å². The number of nitrogens with zero attached hydrogens (tertiary/aromatic N) is 1. The van der Waals surface area contributed by atoms with Crippen LogP contribution in [0.15, 0.2) is 71.3 Å². The second-order valence-corrected chi connectivity index (χ2v) is 6.90. The minimum Gasteiger partial charge on any atom is -0.490 e. The Morgan fingerprint density at radius 2 is 1.97 bits per heavy atom. The molecule has 1 heterocycles. The molecular formula is C23H24FNO4. The summed E-state index contributed by atoms with van der Waals surface area (Å²) in [6.07, 6.45) is 0.784. The lowest BCUT2D eigenvalue weighted by atomic mass is 10.1. The summed E-state index contributed by atoms with van der Waals surface area (Å²) in [5.74, 6) is 0.795. The molecule has 0 amide bonds. The number of ether oxygens (including phenoxy) is 1. The number of Topliss-reactive ketones (excluding diaryl/α,β-unsaturated/α-hetero) is 1. The average Bonchev–Trinajstić information content (AvgIpc) is 3.19. The summed E-state index contributed by atoms with van der Waals surface area (Å²) in [5.41, 5.74) is 1.28. The van der Waals surface area contributed by atoms with Gasteiger partial charge < -0.3 is 14.3 Å². The molecule has 5 nitrogen and oxygen atoms in total. The van der Waals surface area contributed by atoms with Crippen LogP contribution >= 0.6 is 0 Å². The third-order valence-corrected chi connectivity index (χ3v) is 4.42. The van der Waals surface area contributed by atoms with Crippen LogP contribution in [0.1, 0.15) is 28.6 Å². The lowest BCUT2D eigenvalue weighted by Gasteiger charge is -2.24. The number of hydrogen-bond donors (Lipinski definition) is 1. The van der Waals surface area contributed by atoms with Crippen LogP contribution in [-0.2, 0) is 13.1 Å². The van der Waals surface area contributed by atoms with Crippen molar-refractivity contribution >= 4 is 5.78 Å². The second kappa shape index (κ2) is 10.0. The Balaban J connectivity index is 1.64. The summed E-state index contributed by atoms with van der Waals surface area (Å²) in [6.45, 7) is 2.70. The molecule has 0 fully saturated rings. The topological polar surface area (TPSA) is 62.9 Å². The predicted molar refractivity (Wildman–Crippen MR) is 107 cm³/mol. The van der Waals surface area contributed by atoms with Gasteiger partial charge in [-0.3, -0.25) is 9.69 Å². The Hall–Kier alpha value is -2.96. The Morgan fingerprint density at radius 1 is 1.14 bits per heavy atom. The highest BCUT2D eigenvalue weighted by molar-refractivity contribution is 5.96. The van der Waals surface area contributed by atoms with Gasteiger partial charge in [-0.2, -0.15) is 0 Å². The Morgan fingerprint density at radius 3 is 2.69 bits per heavy atom. The number of aliphatic hydroxyl groups is 1. The first-order chi connectivity index (χ1) is 14.0. The summed E-state index contributed by atoms with van der Waals surface area (Å²) >= 11 is 0. The monoisotopic (exact) mass is 397 g/mol. The number of halogens is 1. The van der Waals surface area contributed by atoms with E-state index in [2.05, 4.69) is 0 Å². The van der Waals surface area contributed by atoms with Gasteiger partial charge in [0.25, 0.3) is 0 Å². The molecule has 152 valence electrons. The average molecular weight is 397 g/mol. The van der Waals surface area contributed by atoms with E-state index in [0.29, 0.717) is 30.9 Å². The lowest BCUT2D eigenvalue weighted by Crippen LogP contribution is -2.35. The summed E-state index contributed by atoms with van der Waals surface area (Å²) in [7, 11) is 0. The molecule has 1 N–H and O–H groups in total. The third kappa shape index (κ3) is 6.27. The van der Waals surface area contributed by atoms with Crippen molar-refractivity contribution in [3.05, 3.63) is 89.6 Å². The van der Waals surface area contributed by atoms with Gasteiger partial charge in [0.2, 0.25) is 0 Å². The van der Waals surface area contributed by atoms with E-state index >= 15 is 0 Å². The maximum absolute atomic E-state index is 13.5. The van der Waals surface area contributed by atoms with Crippen LogP contribution in [0.25, 0.3) is 0 Å². The molecule has 0 radical (unpaired) electrons. The van der Waals surface area contributed by atoms with Crippen molar-refractivity contribution in [1.29, 1.82) is 0 Å². The van der Waals surface area contributed by atoms with E-state index in [-0.39, 0.29) is 18.2 Å². The first kappa shape index (κ1) is 20.8. The summed E-state index contributed by atoms with van der Waals surface area (Å²) in [5, 5.41) is 10.5. The molecule has 0 bridgehead atoms. The fourth-order valence-electron chi connectivity index (χ4n) is 3.12. The molecular weight excluding hydrogens is 373 g/mol. The summed E-state index contributed by atoms with van der Waals surface area (Å²) < 4.78 is 24.6. The number of benzene rings is 2. The van der Waals surface area contributed by atoms with Crippen LogP contribution in [0.5, 0.6) is 5.75 Å². The van der Waals surface area contributed by atoms with Crippen LogP contribution in [-0.4, -0.2) is 35.0 Å². The zero-order valence-corrected chi connectivity index (χ0v) is 16.3. The quantitative estimate of drug-likeness (QED) is 0.523. The molecule has 1 aromatic heterocycles.